The molecule has 6 amide bonds. The summed E-state index contributed by atoms with van der Waals surface area (Å²) in [7, 11) is 1.65. The number of carbonyl (C=O) groups is 6. The molecule has 52 heavy (non-hydrogen) atoms. The predicted octanol–water partition coefficient (Wildman–Crippen LogP) is 1.38. The molecule has 0 radical (unpaired) electrons. The van der Waals surface area contributed by atoms with E-state index in [2.05, 4.69) is 37.2 Å². The van der Waals surface area contributed by atoms with Gasteiger partial charge >= 0.3 is 133 Å². The summed E-state index contributed by atoms with van der Waals surface area (Å²) in [4.78, 5) is 73.8. The summed E-state index contributed by atoms with van der Waals surface area (Å²) in [5, 5.41) is 20.6. The van der Waals surface area contributed by atoms with E-state index < -0.39 is 21.7 Å². The van der Waals surface area contributed by atoms with Crippen LogP contribution in [0.25, 0.3) is 0 Å². The molecule has 1 unspecified atom stereocenters. The minimum absolute atomic E-state index is 0.0657. The molecule has 1 aromatic rings. The molecule has 1 aromatic carbocycles. The summed E-state index contributed by atoms with van der Waals surface area (Å²) in [6.45, 7) is 2.55. The molecule has 5 atom stereocenters. The van der Waals surface area contributed by atoms with E-state index in [4.69, 9.17) is 0 Å². The van der Waals surface area contributed by atoms with Gasteiger partial charge in [-0.15, -0.1) is 0 Å². The Morgan fingerprint density at radius 1 is 0.904 bits per heavy atom. The molecule has 3 rings (SSSR count). The first-order chi connectivity index (χ1) is 25.1. The molecule has 2 heterocycles. The number of thioether (sulfide) groups is 2. The van der Waals surface area contributed by atoms with Gasteiger partial charge in [-0.05, 0) is 46.1 Å². The number of carbonyl (C=O) groups excluding carboxylic acids is 6. The summed E-state index contributed by atoms with van der Waals surface area (Å²) >= 11 is 2.01. The van der Waals surface area contributed by atoms with Crippen molar-refractivity contribution in [3.8, 4) is 0 Å². The molecule has 0 spiro atoms. The van der Waals surface area contributed by atoms with Crippen molar-refractivity contribution in [3.05, 3.63) is 24.3 Å². The van der Waals surface area contributed by atoms with Gasteiger partial charge in [-0.25, -0.2) is 4.79 Å². The van der Waals surface area contributed by atoms with Gasteiger partial charge in [0, 0.05) is 42.9 Å². The second-order valence-corrected chi connectivity index (χ2v) is 17.0. The molecular weight excluding hydrogens is 769 g/mol. The minimum Gasteiger partial charge on any atom is -0.356 e. The first-order valence-corrected chi connectivity index (χ1v) is 22.0. The van der Waals surface area contributed by atoms with Crippen molar-refractivity contribution < 1.29 is 32.5 Å². The monoisotopic (exact) mass is 823 g/mol. The zero-order valence-corrected chi connectivity index (χ0v) is 33.6. The van der Waals surface area contributed by atoms with Crippen LogP contribution in [0.4, 0.5) is 10.5 Å². The van der Waals surface area contributed by atoms with Crippen LogP contribution in [-0.4, -0.2) is 118 Å². The molecule has 288 valence electrons. The van der Waals surface area contributed by atoms with Gasteiger partial charge in [0.1, 0.15) is 0 Å². The van der Waals surface area contributed by atoms with Gasteiger partial charge in [-0.2, -0.15) is 11.8 Å². The van der Waals surface area contributed by atoms with Crippen molar-refractivity contribution in [2.24, 2.45) is 0 Å². The molecule has 0 aromatic heterocycles. The number of ketones is 1. The van der Waals surface area contributed by atoms with Crippen molar-refractivity contribution in [3.63, 3.8) is 0 Å². The molecule has 14 nitrogen and oxygen atoms in total. The van der Waals surface area contributed by atoms with E-state index in [1.165, 1.54) is 11.8 Å². The molecule has 2 saturated heterocycles. The number of benzene rings is 1. The maximum absolute atomic E-state index is 12.7. The molecule has 0 bridgehead atoms. The Hall–Kier alpha value is -2.94. The molecule has 17 heteroatoms. The summed E-state index contributed by atoms with van der Waals surface area (Å²) in [6.07, 6.45) is 7.64. The average Bonchev–Trinajstić information content (AvgIpc) is 3.67. The number of amides is 6. The van der Waals surface area contributed by atoms with Crippen molar-refractivity contribution in [2.45, 2.75) is 107 Å². The van der Waals surface area contributed by atoms with Crippen LogP contribution < -0.4 is 41.6 Å². The van der Waals surface area contributed by atoms with Crippen molar-refractivity contribution >= 4 is 84.7 Å². The van der Waals surface area contributed by atoms with Crippen molar-refractivity contribution in [1.29, 1.82) is 0 Å². The second-order valence-electron chi connectivity index (χ2n) is 13.2. The van der Waals surface area contributed by atoms with E-state index in [0.29, 0.717) is 36.7 Å². The van der Waals surface area contributed by atoms with Gasteiger partial charge in [0.2, 0.25) is 11.8 Å². The maximum atomic E-state index is 12.7. The number of nitrogens with one attached hydrogen (secondary N) is 7. The number of unbranched alkanes of at least 4 members (excludes halogenated alkanes) is 4. The minimum atomic E-state index is -1.12. The molecule has 2 aliphatic heterocycles. The number of urea groups is 1. The fourth-order valence-corrected chi connectivity index (χ4v) is 8.96. The average molecular weight is 824 g/mol. The van der Waals surface area contributed by atoms with Crippen LogP contribution in [0.3, 0.4) is 0 Å². The smallest absolute Gasteiger partial charge is 0.356 e. The van der Waals surface area contributed by atoms with E-state index in [-0.39, 0.29) is 78.0 Å². The summed E-state index contributed by atoms with van der Waals surface area (Å²) < 4.78 is 11.7. The Morgan fingerprint density at radius 3 is 2.37 bits per heavy atom. The Kier molecular flexibility index (Phi) is 20.4. The van der Waals surface area contributed by atoms with E-state index in [1.54, 1.807) is 31.3 Å². The molecule has 0 saturated carbocycles. The number of rotatable bonds is 26. The fraction of sp³-hybridized carbons (Fsp3) is 0.657. The van der Waals surface area contributed by atoms with Crippen LogP contribution in [0.2, 0.25) is 0 Å². The third-order valence-electron chi connectivity index (χ3n) is 8.79. The Morgan fingerprint density at radius 2 is 1.62 bits per heavy atom. The van der Waals surface area contributed by atoms with Gasteiger partial charge < -0.3 is 26.6 Å². The van der Waals surface area contributed by atoms with Gasteiger partial charge in [-0.1, -0.05) is 19.3 Å². The van der Waals surface area contributed by atoms with E-state index in [0.717, 1.165) is 55.0 Å². The van der Waals surface area contributed by atoms with Crippen LogP contribution in [-0.2, 0) is 27.7 Å². The number of hydrogen-bond donors (Lipinski definition) is 7. The van der Waals surface area contributed by atoms with E-state index >= 15 is 0 Å². The van der Waals surface area contributed by atoms with Crippen LogP contribution in [0, 0.1) is 0 Å². The van der Waals surface area contributed by atoms with Crippen LogP contribution in [0.1, 0.15) is 77.6 Å². The van der Waals surface area contributed by atoms with Crippen LogP contribution in [0.15, 0.2) is 24.3 Å². The summed E-state index contributed by atoms with van der Waals surface area (Å²) in [6, 6.07) is 6.16. The molecule has 2 aliphatic rings. The van der Waals surface area contributed by atoms with Gasteiger partial charge in [0.15, 0.2) is 0 Å². The molecule has 7 N–H and O–H groups in total. The number of likely N-dealkylation sites (N-methyl/N-ethyl adjacent to an activating group) is 1. The Balaban J connectivity index is 1.18. The van der Waals surface area contributed by atoms with E-state index in [9.17, 15) is 32.5 Å². The third kappa shape index (κ3) is 16.8. The SMILES string of the molecule is CNCC(=O)[C@H](CSCC(=O)Nc1ccc([As]=O)cc1)NC(=O)CC[C@@H](C)NC(=O)CCCCCCNC(=O)CCCCC1SC[C@@H]2NC(=O)N[C@H]12. The number of fused-ring (bicyclic) bond motifs is 1. The Labute approximate surface area is 321 Å². The number of hydrogen-bond acceptors (Lipinski definition) is 10. The van der Waals surface area contributed by atoms with Crippen LogP contribution in [0.5, 0.6) is 0 Å². The number of Topliss-reactive ketones (excluding diaryl/α,β-unsaturated/α-hetero) is 1. The van der Waals surface area contributed by atoms with Crippen molar-refractivity contribution in [1.82, 2.24) is 31.9 Å². The zero-order valence-electron chi connectivity index (χ0n) is 30.1. The van der Waals surface area contributed by atoms with Gasteiger partial charge in [-0.3, -0.25) is 14.4 Å². The quantitative estimate of drug-likeness (QED) is 0.0407. The first kappa shape index (κ1) is 43.5. The molecule has 2 fully saturated rings. The van der Waals surface area contributed by atoms with Crippen molar-refractivity contribution in [2.75, 3.05) is 42.7 Å². The summed E-state index contributed by atoms with van der Waals surface area (Å²) in [5.74, 6) is 0.537. The Bertz CT molecular complexity index is 1360. The molecular formula is C35H54AsN7O7S2. The second kappa shape index (κ2) is 24.4. The standard InChI is InChI=1S/C35H54AsN7O7S2/c1-23(12-17-32(47)41-26(28(44)19-37-2)20-51-22-33(48)40-25-15-13-24(36-50)14-16-25)39-31(46)11-5-3-4-8-18-38-30(45)10-7-6-9-29-34-27(21-52-29)42-35(49)43-34/h13-16,23,26-27,29,34,37H,3-12,17-22H2,1-2H3,(H,38,45)(H,39,46)(H,40,48)(H,41,47)(H2,42,43,49)/t23-,26+,27+,29?,34+/m1/s1. The normalized spacial score (nSPS) is 18.8. The van der Waals surface area contributed by atoms with Gasteiger partial charge in [0.25, 0.3) is 0 Å². The number of anilines is 1. The zero-order chi connectivity index (χ0) is 37.7. The van der Waals surface area contributed by atoms with Gasteiger partial charge in [0.05, 0.1) is 12.1 Å². The molecule has 0 aliphatic carbocycles. The topological polar surface area (TPSA) is 204 Å². The fourth-order valence-electron chi connectivity index (χ4n) is 5.97. The van der Waals surface area contributed by atoms with Crippen LogP contribution >= 0.6 is 23.5 Å². The predicted molar refractivity (Wildman–Crippen MR) is 206 cm³/mol. The third-order valence-corrected chi connectivity index (χ3v) is 12.4. The van der Waals surface area contributed by atoms with E-state index in [1.807, 2.05) is 18.7 Å². The summed E-state index contributed by atoms with van der Waals surface area (Å²) in [5.41, 5.74) is 0.593. The first-order valence-electron chi connectivity index (χ1n) is 18.1.